The minimum Gasteiger partial charge on any atom is -0.494 e. The standard InChI is InChI=1S/C21H19ClN2O4/c1-4-5-8-24-20(26)15(10-23)11(2)17(21(24)27)18(25)19-12(3)14-9-13(22)6-7-16(14)28-19/h6-7,9,27H,4-5,8H2,1-3H3. The second-order valence-electron chi connectivity index (χ2n) is 6.65. The van der Waals surface area contributed by atoms with Crippen LogP contribution in [0.3, 0.4) is 0 Å². The summed E-state index contributed by atoms with van der Waals surface area (Å²) in [6.07, 6.45) is 1.41. The lowest BCUT2D eigenvalue weighted by atomic mass is 9.98. The van der Waals surface area contributed by atoms with Gasteiger partial charge in [0.2, 0.25) is 11.7 Å². The Hall–Kier alpha value is -3.04. The summed E-state index contributed by atoms with van der Waals surface area (Å²) in [5.41, 5.74) is 0.346. The molecule has 2 heterocycles. The first-order valence-electron chi connectivity index (χ1n) is 8.91. The predicted molar refractivity (Wildman–Crippen MR) is 106 cm³/mol. The summed E-state index contributed by atoms with van der Waals surface area (Å²) in [5.74, 6) is -0.986. The Morgan fingerprint density at radius 1 is 1.32 bits per heavy atom. The molecule has 0 unspecified atom stereocenters. The number of furan rings is 1. The Kier molecular flexibility index (Phi) is 5.30. The molecule has 0 bridgehead atoms. The van der Waals surface area contributed by atoms with Crippen molar-refractivity contribution in [2.75, 3.05) is 0 Å². The number of aromatic hydroxyl groups is 1. The first-order chi connectivity index (χ1) is 13.3. The molecule has 0 fully saturated rings. The highest BCUT2D eigenvalue weighted by atomic mass is 35.5. The first-order valence-corrected chi connectivity index (χ1v) is 9.29. The summed E-state index contributed by atoms with van der Waals surface area (Å²) >= 11 is 6.03. The van der Waals surface area contributed by atoms with E-state index in [1.807, 2.05) is 13.0 Å². The van der Waals surface area contributed by atoms with Crippen molar-refractivity contribution >= 4 is 28.4 Å². The third-order valence-electron chi connectivity index (χ3n) is 4.87. The molecule has 7 heteroatoms. The van der Waals surface area contributed by atoms with Gasteiger partial charge in [-0.05, 0) is 44.0 Å². The first kappa shape index (κ1) is 19.7. The summed E-state index contributed by atoms with van der Waals surface area (Å²) in [7, 11) is 0. The number of ketones is 1. The van der Waals surface area contributed by atoms with Crippen molar-refractivity contribution in [3.8, 4) is 11.9 Å². The van der Waals surface area contributed by atoms with Gasteiger partial charge in [-0.2, -0.15) is 5.26 Å². The van der Waals surface area contributed by atoms with E-state index in [-0.39, 0.29) is 29.0 Å². The number of nitrogens with zero attached hydrogens (tertiary/aromatic N) is 2. The van der Waals surface area contributed by atoms with Crippen LogP contribution in [0.5, 0.6) is 5.88 Å². The lowest BCUT2D eigenvalue weighted by molar-refractivity contribution is 0.100. The molecule has 6 nitrogen and oxygen atoms in total. The van der Waals surface area contributed by atoms with Crippen molar-refractivity contribution in [2.24, 2.45) is 0 Å². The van der Waals surface area contributed by atoms with Crippen molar-refractivity contribution in [2.45, 2.75) is 40.2 Å². The lowest BCUT2D eigenvalue weighted by Gasteiger charge is -2.14. The highest BCUT2D eigenvalue weighted by Gasteiger charge is 2.28. The molecule has 0 amide bonds. The van der Waals surface area contributed by atoms with E-state index in [0.717, 1.165) is 11.0 Å². The maximum atomic E-state index is 13.3. The van der Waals surface area contributed by atoms with Gasteiger partial charge in [0, 0.05) is 22.5 Å². The SMILES string of the molecule is CCCCn1c(O)c(C(=O)c2oc3ccc(Cl)cc3c2C)c(C)c(C#N)c1=O. The topological polar surface area (TPSA) is 96.2 Å². The highest BCUT2D eigenvalue weighted by Crippen LogP contribution is 2.32. The molecule has 1 aromatic carbocycles. The number of rotatable bonds is 5. The third-order valence-corrected chi connectivity index (χ3v) is 5.10. The maximum absolute atomic E-state index is 13.3. The predicted octanol–water partition coefficient (Wildman–Crippen LogP) is 4.47. The number of carbonyl (C=O) groups excluding carboxylic acids is 1. The second-order valence-corrected chi connectivity index (χ2v) is 7.08. The molecule has 2 aromatic heterocycles. The zero-order valence-corrected chi connectivity index (χ0v) is 16.6. The van der Waals surface area contributed by atoms with Gasteiger partial charge in [-0.25, -0.2) is 0 Å². The van der Waals surface area contributed by atoms with Gasteiger partial charge in [-0.3, -0.25) is 14.2 Å². The van der Waals surface area contributed by atoms with Gasteiger partial charge in [0.25, 0.3) is 5.56 Å². The van der Waals surface area contributed by atoms with Crippen molar-refractivity contribution in [1.29, 1.82) is 5.26 Å². The van der Waals surface area contributed by atoms with Crippen LogP contribution in [0.1, 0.15) is 52.6 Å². The van der Waals surface area contributed by atoms with E-state index < -0.39 is 17.2 Å². The van der Waals surface area contributed by atoms with Crippen molar-refractivity contribution in [1.82, 2.24) is 4.57 Å². The summed E-state index contributed by atoms with van der Waals surface area (Å²) in [5, 5.41) is 21.3. The number of hydrogen-bond acceptors (Lipinski definition) is 5. The lowest BCUT2D eigenvalue weighted by Crippen LogP contribution is -2.27. The molecule has 0 saturated carbocycles. The van der Waals surface area contributed by atoms with E-state index >= 15 is 0 Å². The number of aromatic nitrogens is 1. The molecule has 1 N–H and O–H groups in total. The van der Waals surface area contributed by atoms with Gasteiger partial charge in [-0.1, -0.05) is 24.9 Å². The van der Waals surface area contributed by atoms with Crippen LogP contribution in [0.2, 0.25) is 5.02 Å². The molecular weight excluding hydrogens is 380 g/mol. The molecule has 0 aliphatic carbocycles. The van der Waals surface area contributed by atoms with Gasteiger partial charge in [-0.15, -0.1) is 0 Å². The zero-order valence-electron chi connectivity index (χ0n) is 15.8. The summed E-state index contributed by atoms with van der Waals surface area (Å²) in [6.45, 7) is 5.35. The molecule has 0 atom stereocenters. The highest BCUT2D eigenvalue weighted by molar-refractivity contribution is 6.31. The Morgan fingerprint density at radius 2 is 2.04 bits per heavy atom. The minimum atomic E-state index is -0.601. The van der Waals surface area contributed by atoms with Gasteiger partial charge in [0.05, 0.1) is 5.56 Å². The van der Waals surface area contributed by atoms with E-state index in [1.54, 1.807) is 25.1 Å². The number of pyridine rings is 1. The molecule has 0 saturated heterocycles. The number of carbonyl (C=O) groups is 1. The monoisotopic (exact) mass is 398 g/mol. The van der Waals surface area contributed by atoms with E-state index in [2.05, 4.69) is 0 Å². The van der Waals surface area contributed by atoms with Crippen LogP contribution in [0, 0.1) is 25.2 Å². The quantitative estimate of drug-likeness (QED) is 0.639. The number of nitriles is 1. The molecule has 3 aromatic rings. The van der Waals surface area contributed by atoms with Crippen LogP contribution in [-0.4, -0.2) is 15.5 Å². The average Bonchev–Trinajstić information content (AvgIpc) is 2.98. The fraction of sp³-hybridized carbons (Fsp3) is 0.286. The summed E-state index contributed by atoms with van der Waals surface area (Å²) in [4.78, 5) is 25.8. The van der Waals surface area contributed by atoms with E-state index in [4.69, 9.17) is 16.0 Å². The number of fused-ring (bicyclic) bond motifs is 1. The zero-order chi connectivity index (χ0) is 20.6. The molecule has 0 radical (unpaired) electrons. The van der Waals surface area contributed by atoms with Crippen molar-refractivity contribution in [3.05, 3.63) is 61.6 Å². The average molecular weight is 399 g/mol. The molecule has 144 valence electrons. The Balaban J connectivity index is 2.26. The number of hydrogen-bond donors (Lipinski definition) is 1. The number of halogens is 1. The molecular formula is C21H19ClN2O4. The van der Waals surface area contributed by atoms with E-state index in [9.17, 15) is 20.0 Å². The third kappa shape index (κ3) is 3.08. The van der Waals surface area contributed by atoms with Crippen LogP contribution >= 0.6 is 11.6 Å². The van der Waals surface area contributed by atoms with Gasteiger partial charge >= 0.3 is 0 Å². The maximum Gasteiger partial charge on any atom is 0.271 e. The van der Waals surface area contributed by atoms with E-state index in [1.165, 1.54) is 6.92 Å². The summed E-state index contributed by atoms with van der Waals surface area (Å²) < 4.78 is 6.80. The largest absolute Gasteiger partial charge is 0.494 e. The number of unbranched alkanes of at least 4 members (excludes halogenated alkanes) is 1. The van der Waals surface area contributed by atoms with Gasteiger partial charge in [0.15, 0.2) is 5.76 Å². The number of aryl methyl sites for hydroxylation is 1. The Labute approximate surface area is 166 Å². The van der Waals surface area contributed by atoms with E-state index in [0.29, 0.717) is 28.0 Å². The van der Waals surface area contributed by atoms with Crippen molar-refractivity contribution < 1.29 is 14.3 Å². The molecule has 28 heavy (non-hydrogen) atoms. The van der Waals surface area contributed by atoms with Crippen LogP contribution in [-0.2, 0) is 6.54 Å². The van der Waals surface area contributed by atoms with Crippen LogP contribution in [0.4, 0.5) is 0 Å². The fourth-order valence-corrected chi connectivity index (χ4v) is 3.44. The van der Waals surface area contributed by atoms with Crippen LogP contribution < -0.4 is 5.56 Å². The second kappa shape index (κ2) is 7.53. The fourth-order valence-electron chi connectivity index (χ4n) is 3.27. The molecule has 0 aliphatic rings. The van der Waals surface area contributed by atoms with Crippen LogP contribution in [0.15, 0.2) is 27.4 Å². The summed E-state index contributed by atoms with van der Waals surface area (Å²) in [6, 6.07) is 6.87. The normalized spacial score (nSPS) is 11.0. The molecule has 0 spiro atoms. The minimum absolute atomic E-state index is 0.0419. The van der Waals surface area contributed by atoms with Gasteiger partial charge < -0.3 is 9.52 Å². The molecule has 3 rings (SSSR count). The van der Waals surface area contributed by atoms with Gasteiger partial charge in [0.1, 0.15) is 17.2 Å². The smallest absolute Gasteiger partial charge is 0.271 e. The van der Waals surface area contributed by atoms with Crippen molar-refractivity contribution in [3.63, 3.8) is 0 Å². The Bertz CT molecular complexity index is 1200. The number of benzene rings is 1. The van der Waals surface area contributed by atoms with Crippen LogP contribution in [0.25, 0.3) is 11.0 Å². The molecule has 0 aliphatic heterocycles. The Morgan fingerprint density at radius 3 is 2.68 bits per heavy atom.